The van der Waals surface area contributed by atoms with E-state index in [2.05, 4.69) is 19.2 Å². The van der Waals surface area contributed by atoms with E-state index < -0.39 is 0 Å². The first kappa shape index (κ1) is 15.4. The van der Waals surface area contributed by atoms with Gasteiger partial charge in [-0.15, -0.1) is 0 Å². The van der Waals surface area contributed by atoms with Crippen molar-refractivity contribution in [3.05, 3.63) is 5.82 Å². The summed E-state index contributed by atoms with van der Waals surface area (Å²) in [5, 5.41) is 1.00. The summed E-state index contributed by atoms with van der Waals surface area (Å²) in [5.74, 6) is 3.68. The molecule has 0 radical (unpaired) electrons. The van der Waals surface area contributed by atoms with Gasteiger partial charge in [-0.1, -0.05) is 6.42 Å². The lowest BCUT2D eigenvalue weighted by Gasteiger charge is -2.26. The highest BCUT2D eigenvalue weighted by atomic mass is 32.1. The quantitative estimate of drug-likeness (QED) is 0.853. The fourth-order valence-electron chi connectivity index (χ4n) is 4.75. The van der Waals surface area contributed by atoms with Crippen molar-refractivity contribution >= 4 is 22.6 Å². The summed E-state index contributed by atoms with van der Waals surface area (Å²) in [4.78, 5) is 21.6. The first-order chi connectivity index (χ1) is 11.2. The van der Waals surface area contributed by atoms with E-state index in [1.54, 1.807) is 0 Å². The fraction of sp³-hybridized carbons (Fsp3) is 0.824. The largest absolute Gasteiger partial charge is 0.345 e. The molecule has 3 aliphatic rings. The van der Waals surface area contributed by atoms with Crippen LogP contribution < -0.4 is 4.90 Å². The van der Waals surface area contributed by atoms with Gasteiger partial charge in [0.1, 0.15) is 5.82 Å². The average Bonchev–Trinajstić information content (AvgIpc) is 3.21. The van der Waals surface area contributed by atoms with Gasteiger partial charge in [0.25, 0.3) is 0 Å². The zero-order valence-electron chi connectivity index (χ0n) is 13.9. The molecule has 5 nitrogen and oxygen atoms in total. The number of anilines is 1. The van der Waals surface area contributed by atoms with Crippen LogP contribution in [0.5, 0.6) is 0 Å². The lowest BCUT2D eigenvalue weighted by Crippen LogP contribution is -2.36. The van der Waals surface area contributed by atoms with Crippen LogP contribution in [0.4, 0.5) is 5.13 Å². The number of nitrogens with zero attached hydrogens (tertiary/aromatic N) is 4. The van der Waals surface area contributed by atoms with Crippen LogP contribution in [0, 0.1) is 24.7 Å². The number of rotatable bonds is 3. The van der Waals surface area contributed by atoms with Gasteiger partial charge in [0.05, 0.1) is 0 Å². The molecule has 1 aliphatic heterocycles. The van der Waals surface area contributed by atoms with Crippen LogP contribution in [0.25, 0.3) is 0 Å². The van der Waals surface area contributed by atoms with Gasteiger partial charge in [0.2, 0.25) is 11.0 Å². The van der Waals surface area contributed by atoms with Crippen molar-refractivity contribution in [2.75, 3.05) is 31.1 Å². The topological polar surface area (TPSA) is 49.3 Å². The Morgan fingerprint density at radius 1 is 1.22 bits per heavy atom. The maximum atomic E-state index is 12.7. The second-order valence-corrected chi connectivity index (χ2v) is 8.21. The molecule has 2 heterocycles. The Balaban J connectivity index is 1.32. The van der Waals surface area contributed by atoms with Crippen LogP contribution in [0.3, 0.4) is 0 Å². The molecule has 1 amide bonds. The van der Waals surface area contributed by atoms with Crippen LogP contribution in [0.15, 0.2) is 0 Å². The average molecular weight is 334 g/mol. The van der Waals surface area contributed by atoms with Gasteiger partial charge in [-0.3, -0.25) is 4.79 Å². The molecule has 1 saturated heterocycles. The summed E-state index contributed by atoms with van der Waals surface area (Å²) in [6, 6.07) is 0. The van der Waals surface area contributed by atoms with E-state index in [1.807, 2.05) is 6.92 Å². The van der Waals surface area contributed by atoms with E-state index in [1.165, 1.54) is 37.2 Å². The Hall–Kier alpha value is -1.17. The molecule has 3 fully saturated rings. The molecule has 0 aromatic carbocycles. The van der Waals surface area contributed by atoms with Crippen molar-refractivity contribution in [3.63, 3.8) is 0 Å². The summed E-state index contributed by atoms with van der Waals surface area (Å²) >= 11 is 1.47. The van der Waals surface area contributed by atoms with Crippen molar-refractivity contribution < 1.29 is 4.79 Å². The number of aryl methyl sites for hydroxylation is 1. The fourth-order valence-corrected chi connectivity index (χ4v) is 5.48. The second kappa shape index (κ2) is 6.38. The van der Waals surface area contributed by atoms with Gasteiger partial charge in [-0.05, 0) is 50.4 Å². The maximum Gasteiger partial charge on any atom is 0.222 e. The first-order valence-electron chi connectivity index (χ1n) is 9.02. The summed E-state index contributed by atoms with van der Waals surface area (Å²) < 4.78 is 4.28. The molecule has 4 rings (SSSR count). The standard InChI is InChI=1S/C17H26N4OS/c1-12-18-17(23-19-12)21-6-2-5-20(7-8-21)16(22)11-15-10-13-3-4-14(15)9-13/h13-15H,2-11H2,1H3/t13-,14-,15-/m0/s1. The third-order valence-electron chi connectivity index (χ3n) is 5.96. The van der Waals surface area contributed by atoms with Crippen molar-refractivity contribution in [1.29, 1.82) is 0 Å². The number of hydrogen-bond acceptors (Lipinski definition) is 5. The Morgan fingerprint density at radius 3 is 2.83 bits per heavy atom. The van der Waals surface area contributed by atoms with Crippen LogP contribution in [-0.2, 0) is 4.79 Å². The molecule has 1 aromatic rings. The molecule has 6 heteroatoms. The highest BCUT2D eigenvalue weighted by Crippen LogP contribution is 2.49. The highest BCUT2D eigenvalue weighted by Gasteiger charge is 2.40. The molecule has 0 N–H and O–H groups in total. The summed E-state index contributed by atoms with van der Waals surface area (Å²) in [5.41, 5.74) is 0. The zero-order chi connectivity index (χ0) is 15.8. The van der Waals surface area contributed by atoms with Gasteiger partial charge < -0.3 is 9.80 Å². The number of amides is 1. The molecule has 2 aliphatic carbocycles. The predicted octanol–water partition coefficient (Wildman–Crippen LogP) is 2.71. The van der Waals surface area contributed by atoms with Crippen LogP contribution in [0.2, 0.25) is 0 Å². The number of carbonyl (C=O) groups excluding carboxylic acids is 1. The van der Waals surface area contributed by atoms with Crippen molar-refractivity contribution in [2.45, 2.75) is 45.4 Å². The van der Waals surface area contributed by atoms with Crippen molar-refractivity contribution in [1.82, 2.24) is 14.3 Å². The van der Waals surface area contributed by atoms with Crippen molar-refractivity contribution in [3.8, 4) is 0 Å². The lowest BCUT2D eigenvalue weighted by atomic mass is 9.86. The normalized spacial score (nSPS) is 30.7. The van der Waals surface area contributed by atoms with Crippen LogP contribution >= 0.6 is 11.5 Å². The third-order valence-corrected chi connectivity index (χ3v) is 6.83. The lowest BCUT2D eigenvalue weighted by molar-refractivity contribution is -0.132. The molecule has 3 atom stereocenters. The van der Waals surface area contributed by atoms with Gasteiger partial charge >= 0.3 is 0 Å². The Kier molecular flexibility index (Phi) is 4.26. The summed E-state index contributed by atoms with van der Waals surface area (Å²) in [6.07, 6.45) is 7.30. The zero-order valence-corrected chi connectivity index (χ0v) is 14.7. The molecule has 1 aromatic heterocycles. The SMILES string of the molecule is Cc1nsc(N2CCCN(C(=O)C[C@@H]3C[C@H]4CC[C@H]3C4)CC2)n1. The number of carbonyl (C=O) groups is 1. The minimum absolute atomic E-state index is 0.387. The molecule has 2 saturated carbocycles. The van der Waals surface area contributed by atoms with E-state index >= 15 is 0 Å². The Morgan fingerprint density at radius 2 is 2.13 bits per heavy atom. The van der Waals surface area contributed by atoms with Gasteiger partial charge in [-0.2, -0.15) is 4.37 Å². The third kappa shape index (κ3) is 3.23. The Bertz CT molecular complexity index is 575. The number of aromatic nitrogens is 2. The summed E-state index contributed by atoms with van der Waals surface area (Å²) in [7, 11) is 0. The van der Waals surface area contributed by atoms with E-state index in [-0.39, 0.29) is 0 Å². The number of fused-ring (bicyclic) bond motifs is 2. The van der Waals surface area contributed by atoms with Gasteiger partial charge in [0, 0.05) is 44.1 Å². The molecule has 0 unspecified atom stereocenters. The first-order valence-corrected chi connectivity index (χ1v) is 9.79. The monoisotopic (exact) mass is 334 g/mol. The van der Waals surface area contributed by atoms with E-state index in [9.17, 15) is 4.79 Å². The van der Waals surface area contributed by atoms with E-state index in [0.717, 1.165) is 61.8 Å². The van der Waals surface area contributed by atoms with Crippen LogP contribution in [-0.4, -0.2) is 46.3 Å². The van der Waals surface area contributed by atoms with Gasteiger partial charge in [0.15, 0.2) is 0 Å². The second-order valence-electron chi connectivity index (χ2n) is 7.48. The van der Waals surface area contributed by atoms with Crippen LogP contribution in [0.1, 0.15) is 44.3 Å². The molecule has 2 bridgehead atoms. The maximum absolute atomic E-state index is 12.7. The van der Waals surface area contributed by atoms with Gasteiger partial charge in [-0.25, -0.2) is 4.98 Å². The van der Waals surface area contributed by atoms with E-state index in [0.29, 0.717) is 11.8 Å². The molecule has 126 valence electrons. The molecule has 23 heavy (non-hydrogen) atoms. The summed E-state index contributed by atoms with van der Waals surface area (Å²) in [6.45, 7) is 5.53. The molecular weight excluding hydrogens is 308 g/mol. The predicted molar refractivity (Wildman–Crippen MR) is 91.6 cm³/mol. The number of hydrogen-bond donors (Lipinski definition) is 0. The minimum Gasteiger partial charge on any atom is -0.345 e. The van der Waals surface area contributed by atoms with E-state index in [4.69, 9.17) is 0 Å². The molecule has 0 spiro atoms. The Labute approximate surface area is 142 Å². The minimum atomic E-state index is 0.387. The van der Waals surface area contributed by atoms with Crippen molar-refractivity contribution in [2.24, 2.45) is 17.8 Å². The highest BCUT2D eigenvalue weighted by molar-refractivity contribution is 7.09. The smallest absolute Gasteiger partial charge is 0.222 e. The molecular formula is C17H26N4OS.